The van der Waals surface area contributed by atoms with Gasteiger partial charge in [0.25, 0.3) is 0 Å². The van der Waals surface area contributed by atoms with Gasteiger partial charge in [-0.1, -0.05) is 25.7 Å². The Morgan fingerprint density at radius 3 is 2.33 bits per heavy atom. The predicted octanol–water partition coefficient (Wildman–Crippen LogP) is 3.73. The standard InChI is InChI=1S/C22H24O5/c1-6-13-7-8-15-16(23)9-12(2)21(25)22(15,3)19(13)14-10-17(26-4)20(24)18(11-14)27-5/h6-7,9-11,15,19,24H,1,8H2,2-5H3. The monoisotopic (exact) mass is 368 g/mol. The number of hydrogen-bond donors (Lipinski definition) is 1. The Bertz CT molecular complexity index is 867. The molecule has 0 saturated heterocycles. The van der Waals surface area contributed by atoms with Gasteiger partial charge in [-0.25, -0.2) is 0 Å². The van der Waals surface area contributed by atoms with Crippen LogP contribution in [0.25, 0.3) is 0 Å². The van der Waals surface area contributed by atoms with Gasteiger partial charge in [0.2, 0.25) is 5.75 Å². The van der Waals surface area contributed by atoms with Crippen molar-refractivity contribution in [1.29, 1.82) is 0 Å². The lowest BCUT2D eigenvalue weighted by atomic mass is 9.53. The third-order valence-corrected chi connectivity index (χ3v) is 5.87. The second kappa shape index (κ2) is 6.72. The van der Waals surface area contributed by atoms with E-state index in [0.717, 1.165) is 11.1 Å². The molecule has 27 heavy (non-hydrogen) atoms. The molecule has 3 atom stereocenters. The largest absolute Gasteiger partial charge is 0.502 e. The van der Waals surface area contributed by atoms with Crippen molar-refractivity contribution in [3.8, 4) is 17.2 Å². The first-order chi connectivity index (χ1) is 12.8. The molecule has 2 aliphatic rings. The number of allylic oxidation sites excluding steroid dienone is 5. The average molecular weight is 368 g/mol. The van der Waals surface area contributed by atoms with Gasteiger partial charge in [0.1, 0.15) is 0 Å². The van der Waals surface area contributed by atoms with Crippen molar-refractivity contribution in [2.45, 2.75) is 26.2 Å². The maximum atomic E-state index is 13.3. The zero-order chi connectivity index (χ0) is 19.9. The summed E-state index contributed by atoms with van der Waals surface area (Å²) in [5, 5.41) is 10.3. The van der Waals surface area contributed by atoms with Crippen LogP contribution in [-0.4, -0.2) is 30.9 Å². The molecule has 0 heterocycles. The van der Waals surface area contributed by atoms with Gasteiger partial charge in [0, 0.05) is 11.8 Å². The number of methoxy groups -OCH3 is 2. The lowest BCUT2D eigenvalue weighted by molar-refractivity contribution is -0.137. The summed E-state index contributed by atoms with van der Waals surface area (Å²) in [6, 6.07) is 3.39. The van der Waals surface area contributed by atoms with Crippen molar-refractivity contribution >= 4 is 11.6 Å². The van der Waals surface area contributed by atoms with Crippen LogP contribution in [0.5, 0.6) is 17.2 Å². The lowest BCUT2D eigenvalue weighted by Gasteiger charge is -2.47. The van der Waals surface area contributed by atoms with Crippen molar-refractivity contribution in [2.24, 2.45) is 11.3 Å². The third-order valence-electron chi connectivity index (χ3n) is 5.87. The number of carbonyl (C=O) groups is 2. The highest BCUT2D eigenvalue weighted by atomic mass is 16.5. The molecule has 142 valence electrons. The summed E-state index contributed by atoms with van der Waals surface area (Å²) in [5.41, 5.74) is 1.13. The van der Waals surface area contributed by atoms with E-state index in [1.807, 2.05) is 13.0 Å². The van der Waals surface area contributed by atoms with Gasteiger partial charge in [-0.15, -0.1) is 0 Å². The molecule has 1 aromatic carbocycles. The summed E-state index contributed by atoms with van der Waals surface area (Å²) < 4.78 is 10.6. The number of rotatable bonds is 4. The van der Waals surface area contributed by atoms with Gasteiger partial charge in [-0.3, -0.25) is 9.59 Å². The molecule has 0 spiro atoms. The number of hydrogen-bond acceptors (Lipinski definition) is 5. The molecule has 0 aromatic heterocycles. The Labute approximate surface area is 159 Å². The summed E-state index contributed by atoms with van der Waals surface area (Å²) in [7, 11) is 2.91. The molecular weight excluding hydrogens is 344 g/mol. The second-order valence-corrected chi connectivity index (χ2v) is 7.25. The zero-order valence-electron chi connectivity index (χ0n) is 16.0. The summed E-state index contributed by atoms with van der Waals surface area (Å²) in [5.74, 6) is -0.522. The molecule has 3 unspecified atom stereocenters. The average Bonchev–Trinajstić information content (AvgIpc) is 2.66. The molecule has 0 radical (unpaired) electrons. The molecule has 1 aromatic rings. The Morgan fingerprint density at radius 1 is 1.22 bits per heavy atom. The predicted molar refractivity (Wildman–Crippen MR) is 102 cm³/mol. The van der Waals surface area contributed by atoms with E-state index in [1.165, 1.54) is 20.3 Å². The number of Topliss-reactive ketones (excluding diaryl/α,β-unsaturated/α-hetero) is 1. The van der Waals surface area contributed by atoms with Crippen LogP contribution in [-0.2, 0) is 9.59 Å². The van der Waals surface area contributed by atoms with Crippen LogP contribution in [0.4, 0.5) is 0 Å². The highest BCUT2D eigenvalue weighted by molar-refractivity contribution is 6.13. The molecule has 0 fully saturated rings. The number of carbonyl (C=O) groups excluding carboxylic acids is 2. The molecular formula is C22H24O5. The van der Waals surface area contributed by atoms with Crippen molar-refractivity contribution in [1.82, 2.24) is 0 Å². The van der Waals surface area contributed by atoms with E-state index < -0.39 is 17.3 Å². The SMILES string of the molecule is C=CC1=CCC2C(=O)C=C(C)C(=O)C2(C)C1c1cc(OC)c(O)c(OC)c1. The first kappa shape index (κ1) is 19.0. The molecule has 0 bridgehead atoms. The van der Waals surface area contributed by atoms with Gasteiger partial charge in [-0.2, -0.15) is 0 Å². The van der Waals surface area contributed by atoms with Crippen LogP contribution in [0.1, 0.15) is 31.7 Å². The van der Waals surface area contributed by atoms with Crippen molar-refractivity contribution in [3.63, 3.8) is 0 Å². The van der Waals surface area contributed by atoms with Crippen LogP contribution in [0.15, 0.2) is 48.1 Å². The topological polar surface area (TPSA) is 72.8 Å². The van der Waals surface area contributed by atoms with E-state index in [-0.39, 0.29) is 28.8 Å². The van der Waals surface area contributed by atoms with E-state index >= 15 is 0 Å². The normalized spacial score (nSPS) is 27.4. The molecule has 1 N–H and O–H groups in total. The smallest absolute Gasteiger partial charge is 0.200 e. The number of ether oxygens (including phenoxy) is 2. The van der Waals surface area contributed by atoms with E-state index in [2.05, 4.69) is 6.58 Å². The number of phenols is 1. The van der Waals surface area contributed by atoms with Gasteiger partial charge in [0.15, 0.2) is 23.1 Å². The minimum atomic E-state index is -0.943. The minimum absolute atomic E-state index is 0.0309. The van der Waals surface area contributed by atoms with E-state index in [1.54, 1.807) is 25.1 Å². The number of ketones is 2. The number of fused-ring (bicyclic) bond motifs is 1. The Kier molecular flexibility index (Phi) is 4.72. The number of benzene rings is 1. The lowest BCUT2D eigenvalue weighted by Crippen LogP contribution is -2.49. The number of phenolic OH excluding ortho intramolecular Hbond substituents is 1. The summed E-state index contributed by atoms with van der Waals surface area (Å²) in [6.45, 7) is 7.44. The minimum Gasteiger partial charge on any atom is -0.502 e. The van der Waals surface area contributed by atoms with Crippen LogP contribution in [0.3, 0.4) is 0 Å². The highest BCUT2D eigenvalue weighted by Crippen LogP contribution is 2.56. The van der Waals surface area contributed by atoms with Crippen LogP contribution in [0, 0.1) is 11.3 Å². The molecule has 0 aliphatic heterocycles. The van der Waals surface area contributed by atoms with Crippen molar-refractivity contribution < 1.29 is 24.2 Å². The fourth-order valence-electron chi connectivity index (χ4n) is 4.49. The molecule has 3 rings (SSSR count). The zero-order valence-corrected chi connectivity index (χ0v) is 16.0. The Hall–Kier alpha value is -2.82. The molecule has 0 amide bonds. The van der Waals surface area contributed by atoms with Crippen LogP contribution in [0.2, 0.25) is 0 Å². The molecule has 2 aliphatic carbocycles. The molecule has 5 nitrogen and oxygen atoms in total. The quantitative estimate of drug-likeness (QED) is 0.877. The number of aromatic hydroxyl groups is 1. The molecule has 0 saturated carbocycles. The van der Waals surface area contributed by atoms with Crippen molar-refractivity contribution in [2.75, 3.05) is 14.2 Å². The fraction of sp³-hybridized carbons (Fsp3) is 0.364. The van der Waals surface area contributed by atoms with Gasteiger partial charge < -0.3 is 14.6 Å². The second-order valence-electron chi connectivity index (χ2n) is 7.25. The maximum Gasteiger partial charge on any atom is 0.200 e. The first-order valence-corrected chi connectivity index (χ1v) is 8.83. The van der Waals surface area contributed by atoms with E-state index in [4.69, 9.17) is 9.47 Å². The Morgan fingerprint density at radius 2 is 1.81 bits per heavy atom. The highest BCUT2D eigenvalue weighted by Gasteiger charge is 2.55. The fourth-order valence-corrected chi connectivity index (χ4v) is 4.49. The summed E-state index contributed by atoms with van der Waals surface area (Å²) in [6.07, 6.45) is 5.64. The maximum absolute atomic E-state index is 13.3. The Balaban J connectivity index is 2.28. The van der Waals surface area contributed by atoms with E-state index in [9.17, 15) is 14.7 Å². The third kappa shape index (κ3) is 2.69. The van der Waals surface area contributed by atoms with E-state index in [0.29, 0.717) is 12.0 Å². The van der Waals surface area contributed by atoms with Crippen LogP contribution < -0.4 is 9.47 Å². The first-order valence-electron chi connectivity index (χ1n) is 8.83. The van der Waals surface area contributed by atoms with Crippen LogP contribution >= 0.6 is 0 Å². The van der Waals surface area contributed by atoms with Gasteiger partial charge in [0.05, 0.1) is 19.6 Å². The van der Waals surface area contributed by atoms with Gasteiger partial charge >= 0.3 is 0 Å². The van der Waals surface area contributed by atoms with Gasteiger partial charge in [-0.05, 0) is 48.3 Å². The summed E-state index contributed by atoms with van der Waals surface area (Å²) >= 11 is 0. The van der Waals surface area contributed by atoms with Crippen molar-refractivity contribution in [3.05, 3.63) is 53.6 Å². The summed E-state index contributed by atoms with van der Waals surface area (Å²) in [4.78, 5) is 25.9. The molecule has 5 heteroatoms.